The van der Waals surface area contributed by atoms with Crippen LogP contribution in [0.5, 0.6) is 5.75 Å². The van der Waals surface area contributed by atoms with Crippen molar-refractivity contribution in [2.45, 2.75) is 32.7 Å². The molecule has 3 heteroatoms. The van der Waals surface area contributed by atoms with Gasteiger partial charge in [-0.3, -0.25) is 0 Å². The molecular formula is C13H21NO2. The van der Waals surface area contributed by atoms with Crippen LogP contribution in [0.3, 0.4) is 0 Å². The Labute approximate surface area is 97.2 Å². The smallest absolute Gasteiger partial charge is 0.124 e. The van der Waals surface area contributed by atoms with Gasteiger partial charge in [0.15, 0.2) is 0 Å². The minimum absolute atomic E-state index is 0.0200. The van der Waals surface area contributed by atoms with E-state index in [1.807, 2.05) is 32.0 Å². The van der Waals surface area contributed by atoms with Crippen LogP contribution >= 0.6 is 0 Å². The van der Waals surface area contributed by atoms with E-state index in [-0.39, 0.29) is 12.6 Å². The molecule has 0 amide bonds. The second-order valence-corrected chi connectivity index (χ2v) is 4.11. The third-order valence-electron chi connectivity index (χ3n) is 2.47. The number of unbranched alkanes of at least 4 members (excludes halogenated alkanes) is 1. The van der Waals surface area contributed by atoms with E-state index >= 15 is 0 Å². The quantitative estimate of drug-likeness (QED) is 0.727. The van der Waals surface area contributed by atoms with Crippen LogP contribution in [0.4, 0.5) is 0 Å². The molecule has 1 aromatic carbocycles. The van der Waals surface area contributed by atoms with E-state index in [9.17, 15) is 0 Å². The molecule has 90 valence electrons. The van der Waals surface area contributed by atoms with E-state index in [1.165, 1.54) is 5.56 Å². The number of hydrogen-bond acceptors (Lipinski definition) is 3. The first-order chi connectivity index (χ1) is 7.65. The van der Waals surface area contributed by atoms with Crippen LogP contribution in [0.25, 0.3) is 0 Å². The highest BCUT2D eigenvalue weighted by molar-refractivity contribution is 5.38. The molecule has 0 aliphatic rings. The molecular weight excluding hydrogens is 202 g/mol. The zero-order valence-corrected chi connectivity index (χ0v) is 10.1. The summed E-state index contributed by atoms with van der Waals surface area (Å²) in [5.74, 6) is 0.868. The summed E-state index contributed by atoms with van der Waals surface area (Å²) in [5, 5.41) is 8.67. The molecule has 0 heterocycles. The van der Waals surface area contributed by atoms with Crippen molar-refractivity contribution in [2.75, 3.05) is 13.2 Å². The largest absolute Gasteiger partial charge is 0.493 e. The first kappa shape index (κ1) is 13.0. The minimum Gasteiger partial charge on any atom is -0.493 e. The molecule has 1 atom stereocenters. The summed E-state index contributed by atoms with van der Waals surface area (Å²) in [5.41, 5.74) is 8.08. The Morgan fingerprint density at radius 3 is 2.75 bits per heavy atom. The van der Waals surface area contributed by atoms with Crippen molar-refractivity contribution >= 4 is 0 Å². The summed E-state index contributed by atoms with van der Waals surface area (Å²) in [4.78, 5) is 0. The monoisotopic (exact) mass is 223 g/mol. The van der Waals surface area contributed by atoms with Gasteiger partial charge in [-0.25, -0.2) is 0 Å². The third kappa shape index (κ3) is 3.83. The molecule has 1 aromatic rings. The Morgan fingerprint density at radius 1 is 1.38 bits per heavy atom. The lowest BCUT2D eigenvalue weighted by Crippen LogP contribution is -2.09. The van der Waals surface area contributed by atoms with Gasteiger partial charge < -0.3 is 15.6 Å². The summed E-state index contributed by atoms with van der Waals surface area (Å²) in [6.07, 6.45) is 1.64. The average Bonchev–Trinajstić information content (AvgIpc) is 2.24. The Kier molecular flexibility index (Phi) is 5.29. The molecule has 0 aliphatic carbocycles. The van der Waals surface area contributed by atoms with Crippen molar-refractivity contribution in [3.8, 4) is 5.75 Å². The summed E-state index contributed by atoms with van der Waals surface area (Å²) in [7, 11) is 0. The standard InChI is InChI=1S/C13H21NO2/c1-10-5-6-12(11(2)14)13(9-10)16-8-4-3-7-15/h5-6,9,11,15H,3-4,7-8,14H2,1-2H3. The lowest BCUT2D eigenvalue weighted by Gasteiger charge is -2.14. The fourth-order valence-electron chi connectivity index (χ4n) is 1.54. The number of nitrogens with two attached hydrogens (primary N) is 1. The van der Waals surface area contributed by atoms with Gasteiger partial charge >= 0.3 is 0 Å². The maximum absolute atomic E-state index is 8.67. The fourth-order valence-corrected chi connectivity index (χ4v) is 1.54. The number of hydrogen-bond donors (Lipinski definition) is 2. The van der Waals surface area contributed by atoms with Crippen molar-refractivity contribution in [3.05, 3.63) is 29.3 Å². The summed E-state index contributed by atoms with van der Waals surface area (Å²) < 4.78 is 5.69. The van der Waals surface area contributed by atoms with Crippen molar-refractivity contribution < 1.29 is 9.84 Å². The highest BCUT2D eigenvalue weighted by Gasteiger charge is 2.07. The molecule has 0 radical (unpaired) electrons. The lowest BCUT2D eigenvalue weighted by atomic mass is 10.1. The number of rotatable bonds is 6. The van der Waals surface area contributed by atoms with Crippen molar-refractivity contribution in [2.24, 2.45) is 5.73 Å². The SMILES string of the molecule is Cc1ccc(C(C)N)c(OCCCCO)c1. The second-order valence-electron chi connectivity index (χ2n) is 4.11. The van der Waals surface area contributed by atoms with Gasteiger partial charge in [-0.15, -0.1) is 0 Å². The van der Waals surface area contributed by atoms with Gasteiger partial charge in [-0.1, -0.05) is 12.1 Å². The van der Waals surface area contributed by atoms with E-state index in [0.717, 1.165) is 24.2 Å². The summed E-state index contributed by atoms with van der Waals surface area (Å²) in [6, 6.07) is 6.05. The highest BCUT2D eigenvalue weighted by atomic mass is 16.5. The topological polar surface area (TPSA) is 55.5 Å². The molecule has 0 aromatic heterocycles. The van der Waals surface area contributed by atoms with Gasteiger partial charge in [0.1, 0.15) is 5.75 Å². The van der Waals surface area contributed by atoms with Gasteiger partial charge in [-0.2, -0.15) is 0 Å². The molecule has 1 unspecified atom stereocenters. The number of ether oxygens (including phenoxy) is 1. The molecule has 3 nitrogen and oxygen atoms in total. The number of aryl methyl sites for hydroxylation is 1. The van der Waals surface area contributed by atoms with Gasteiger partial charge in [0.05, 0.1) is 6.61 Å². The highest BCUT2D eigenvalue weighted by Crippen LogP contribution is 2.25. The Bertz CT molecular complexity index is 324. The zero-order chi connectivity index (χ0) is 12.0. The molecule has 16 heavy (non-hydrogen) atoms. The van der Waals surface area contributed by atoms with Crippen LogP contribution in [0.1, 0.15) is 36.9 Å². The van der Waals surface area contributed by atoms with Gasteiger partial charge in [0, 0.05) is 18.2 Å². The lowest BCUT2D eigenvalue weighted by molar-refractivity contribution is 0.251. The van der Waals surface area contributed by atoms with Crippen molar-refractivity contribution in [1.82, 2.24) is 0 Å². The molecule has 3 N–H and O–H groups in total. The van der Waals surface area contributed by atoms with Crippen LogP contribution < -0.4 is 10.5 Å². The summed E-state index contributed by atoms with van der Waals surface area (Å²) >= 11 is 0. The van der Waals surface area contributed by atoms with Crippen molar-refractivity contribution in [1.29, 1.82) is 0 Å². The van der Waals surface area contributed by atoms with Gasteiger partial charge in [0.25, 0.3) is 0 Å². The van der Waals surface area contributed by atoms with Gasteiger partial charge in [0.2, 0.25) is 0 Å². The minimum atomic E-state index is -0.0200. The Hall–Kier alpha value is -1.06. The maximum Gasteiger partial charge on any atom is 0.124 e. The van der Waals surface area contributed by atoms with E-state index in [4.69, 9.17) is 15.6 Å². The van der Waals surface area contributed by atoms with Crippen molar-refractivity contribution in [3.63, 3.8) is 0 Å². The molecule has 0 aliphatic heterocycles. The zero-order valence-electron chi connectivity index (χ0n) is 10.1. The number of aliphatic hydroxyl groups excluding tert-OH is 1. The molecule has 0 fully saturated rings. The average molecular weight is 223 g/mol. The van der Waals surface area contributed by atoms with E-state index in [2.05, 4.69) is 0 Å². The van der Waals surface area contributed by atoms with Crippen LogP contribution in [0.2, 0.25) is 0 Å². The summed E-state index contributed by atoms with van der Waals surface area (Å²) in [6.45, 7) is 4.83. The molecule has 1 rings (SSSR count). The third-order valence-corrected chi connectivity index (χ3v) is 2.47. The second kappa shape index (κ2) is 6.51. The Balaban J connectivity index is 2.65. The van der Waals surface area contributed by atoms with E-state index in [0.29, 0.717) is 6.61 Å². The molecule has 0 saturated heterocycles. The first-order valence-electron chi connectivity index (χ1n) is 5.75. The number of benzene rings is 1. The Morgan fingerprint density at radius 2 is 2.12 bits per heavy atom. The fraction of sp³-hybridized carbons (Fsp3) is 0.538. The molecule has 0 bridgehead atoms. The molecule has 0 saturated carbocycles. The van der Waals surface area contributed by atoms with E-state index < -0.39 is 0 Å². The van der Waals surface area contributed by atoms with Crippen LogP contribution in [-0.4, -0.2) is 18.3 Å². The first-order valence-corrected chi connectivity index (χ1v) is 5.75. The van der Waals surface area contributed by atoms with Crippen LogP contribution in [0.15, 0.2) is 18.2 Å². The molecule has 0 spiro atoms. The number of aliphatic hydroxyl groups is 1. The predicted octanol–water partition coefficient (Wildman–Crippen LogP) is 2.17. The van der Waals surface area contributed by atoms with Crippen LogP contribution in [0, 0.1) is 6.92 Å². The van der Waals surface area contributed by atoms with Crippen LogP contribution in [-0.2, 0) is 0 Å². The maximum atomic E-state index is 8.67. The van der Waals surface area contributed by atoms with Gasteiger partial charge in [-0.05, 0) is 38.3 Å². The predicted molar refractivity (Wildman–Crippen MR) is 65.6 cm³/mol. The normalized spacial score (nSPS) is 12.5. The van der Waals surface area contributed by atoms with E-state index in [1.54, 1.807) is 0 Å².